The van der Waals surface area contributed by atoms with Crippen molar-refractivity contribution in [2.45, 2.75) is 92.4 Å². The van der Waals surface area contributed by atoms with E-state index in [1.807, 2.05) is 0 Å². The number of esters is 3. The van der Waals surface area contributed by atoms with Gasteiger partial charge in [-0.15, -0.1) is 0 Å². The molecule has 0 spiro atoms. The Kier molecular flexibility index (Phi) is 15.5. The van der Waals surface area contributed by atoms with Crippen molar-refractivity contribution in [3.05, 3.63) is 77.9 Å². The molecule has 2 aromatic rings. The van der Waals surface area contributed by atoms with Crippen LogP contribution in [0.4, 0.5) is 0 Å². The topological polar surface area (TPSA) is 307 Å². The molecular formula is C38H46O20. The molecule has 3 heterocycles. The molecule has 0 aliphatic carbocycles. The predicted octanol–water partition coefficient (Wildman–Crippen LogP) is -2.77. The van der Waals surface area contributed by atoms with Gasteiger partial charge in [0.05, 0.1) is 13.2 Å². The molecule has 20 heteroatoms. The number of ether oxygens (including phenoxy) is 8. The number of carbonyl (C=O) groups is 3. The summed E-state index contributed by atoms with van der Waals surface area (Å²) >= 11 is 0. The van der Waals surface area contributed by atoms with E-state index in [-0.39, 0.29) is 5.75 Å². The SMILES string of the molecule is CC(=O)OC[C@H]1O[C@H](O[C@]2(CO)O[C@H](CO)[C@@H](O[C@@H]3O[C@H](CO)[C@@H](O)[C@H](O)[C@H]3O)[C@@H]2OC(=O)/C=C/c2ccccc2)[C@H](O)[C@@H](O)[C@@H]1OC(=O)/C=C/c1ccc(O)cc1. The molecule has 0 aromatic heterocycles. The zero-order valence-corrected chi connectivity index (χ0v) is 30.9. The average molecular weight is 823 g/mol. The van der Waals surface area contributed by atoms with E-state index in [0.29, 0.717) is 11.1 Å². The third-order valence-corrected chi connectivity index (χ3v) is 9.41. The molecule has 3 fully saturated rings. The minimum absolute atomic E-state index is 0.0135. The zero-order valence-electron chi connectivity index (χ0n) is 30.9. The number of benzene rings is 2. The van der Waals surface area contributed by atoms with Gasteiger partial charge in [0.2, 0.25) is 5.79 Å². The molecule has 3 aliphatic rings. The van der Waals surface area contributed by atoms with Crippen molar-refractivity contribution in [3.8, 4) is 5.75 Å². The van der Waals surface area contributed by atoms with Gasteiger partial charge in [0.25, 0.3) is 0 Å². The summed E-state index contributed by atoms with van der Waals surface area (Å²) in [6.45, 7) is -2.62. The van der Waals surface area contributed by atoms with Gasteiger partial charge in [-0.05, 0) is 35.4 Å². The van der Waals surface area contributed by atoms with Crippen molar-refractivity contribution in [1.29, 1.82) is 0 Å². The van der Waals surface area contributed by atoms with Crippen LogP contribution >= 0.6 is 0 Å². The summed E-state index contributed by atoms with van der Waals surface area (Å²) in [7, 11) is 0. The molecule has 0 unspecified atom stereocenters. The highest BCUT2D eigenvalue weighted by molar-refractivity contribution is 5.87. The van der Waals surface area contributed by atoms with Crippen LogP contribution in [0, 0.1) is 0 Å². The van der Waals surface area contributed by atoms with E-state index in [0.717, 1.165) is 19.1 Å². The van der Waals surface area contributed by atoms with Gasteiger partial charge in [0.1, 0.15) is 73.9 Å². The van der Waals surface area contributed by atoms with E-state index < -0.39 is 130 Å². The fraction of sp³-hybridized carbons (Fsp3) is 0.500. The van der Waals surface area contributed by atoms with Crippen LogP contribution in [0.15, 0.2) is 66.7 Å². The highest BCUT2D eigenvalue weighted by atomic mass is 16.8. The molecule has 0 radical (unpaired) electrons. The maximum absolute atomic E-state index is 13.3. The Morgan fingerprint density at radius 1 is 0.690 bits per heavy atom. The lowest BCUT2D eigenvalue weighted by molar-refractivity contribution is -0.384. The number of carbonyl (C=O) groups excluding carboxylic acids is 3. The first kappa shape index (κ1) is 44.7. The van der Waals surface area contributed by atoms with Gasteiger partial charge in [-0.3, -0.25) is 4.79 Å². The largest absolute Gasteiger partial charge is 0.508 e. The quantitative estimate of drug-likeness (QED) is 0.0499. The Bertz CT molecular complexity index is 1720. The summed E-state index contributed by atoms with van der Waals surface area (Å²) in [6, 6.07) is 14.2. The van der Waals surface area contributed by atoms with Crippen LogP contribution in [-0.2, 0) is 52.3 Å². The fourth-order valence-corrected chi connectivity index (χ4v) is 6.38. The van der Waals surface area contributed by atoms with E-state index in [1.165, 1.54) is 36.4 Å². The Balaban J connectivity index is 1.43. The molecule has 0 bridgehead atoms. The van der Waals surface area contributed by atoms with Crippen LogP contribution in [0.3, 0.4) is 0 Å². The van der Waals surface area contributed by atoms with E-state index in [9.17, 15) is 60.3 Å². The van der Waals surface area contributed by atoms with Gasteiger partial charge in [-0.25, -0.2) is 9.59 Å². The van der Waals surface area contributed by atoms with Gasteiger partial charge in [-0.1, -0.05) is 42.5 Å². The van der Waals surface area contributed by atoms with Crippen LogP contribution in [0.25, 0.3) is 12.2 Å². The molecule has 14 atom stereocenters. The second kappa shape index (κ2) is 20.0. The van der Waals surface area contributed by atoms with Crippen LogP contribution in [0.2, 0.25) is 0 Å². The third kappa shape index (κ3) is 10.6. The number of aliphatic hydroxyl groups is 8. The second-order valence-corrected chi connectivity index (χ2v) is 13.5. The Labute approximate surface area is 330 Å². The van der Waals surface area contributed by atoms with Crippen LogP contribution in [0.1, 0.15) is 18.1 Å². The third-order valence-electron chi connectivity index (χ3n) is 9.41. The normalized spacial score (nSPS) is 35.2. The van der Waals surface area contributed by atoms with Gasteiger partial charge in [-0.2, -0.15) is 0 Å². The maximum Gasteiger partial charge on any atom is 0.331 e. The number of phenolic OH excluding ortho intramolecular Hbond substituents is 1. The summed E-state index contributed by atoms with van der Waals surface area (Å²) < 4.78 is 45.2. The summed E-state index contributed by atoms with van der Waals surface area (Å²) in [5.74, 6) is -5.58. The van der Waals surface area contributed by atoms with Gasteiger partial charge in [0, 0.05) is 19.1 Å². The Morgan fingerprint density at radius 3 is 1.88 bits per heavy atom. The van der Waals surface area contributed by atoms with Gasteiger partial charge in [0.15, 0.2) is 24.8 Å². The minimum Gasteiger partial charge on any atom is -0.508 e. The number of rotatable bonds is 15. The van der Waals surface area contributed by atoms with Gasteiger partial charge >= 0.3 is 17.9 Å². The smallest absolute Gasteiger partial charge is 0.331 e. The van der Waals surface area contributed by atoms with E-state index in [1.54, 1.807) is 30.3 Å². The highest BCUT2D eigenvalue weighted by Crippen LogP contribution is 2.41. The van der Waals surface area contributed by atoms with E-state index >= 15 is 0 Å². The molecule has 2 aromatic carbocycles. The number of hydrogen-bond acceptors (Lipinski definition) is 20. The molecule has 0 saturated carbocycles. The van der Waals surface area contributed by atoms with Crippen molar-refractivity contribution in [3.63, 3.8) is 0 Å². The van der Waals surface area contributed by atoms with Crippen LogP contribution in [-0.4, -0.2) is 176 Å². The van der Waals surface area contributed by atoms with E-state index in [2.05, 4.69) is 0 Å². The molecule has 0 amide bonds. The van der Waals surface area contributed by atoms with Gasteiger partial charge < -0.3 is 83.9 Å². The Morgan fingerprint density at radius 2 is 1.28 bits per heavy atom. The lowest BCUT2D eigenvalue weighted by atomic mass is 9.98. The van der Waals surface area contributed by atoms with Crippen molar-refractivity contribution >= 4 is 30.1 Å². The lowest BCUT2D eigenvalue weighted by Crippen LogP contribution is -2.64. The number of aliphatic hydroxyl groups excluding tert-OH is 8. The van der Waals surface area contributed by atoms with Crippen molar-refractivity contribution in [2.75, 3.05) is 26.4 Å². The number of aromatic hydroxyl groups is 1. The molecular weight excluding hydrogens is 776 g/mol. The molecule has 3 aliphatic heterocycles. The summed E-state index contributed by atoms with van der Waals surface area (Å²) in [5.41, 5.74) is 1.07. The zero-order chi connectivity index (χ0) is 42.1. The molecule has 5 rings (SSSR count). The predicted molar refractivity (Wildman–Crippen MR) is 191 cm³/mol. The maximum atomic E-state index is 13.3. The van der Waals surface area contributed by atoms with Crippen molar-refractivity contribution in [2.24, 2.45) is 0 Å². The number of hydrogen-bond donors (Lipinski definition) is 9. The summed E-state index contributed by atoms with van der Waals surface area (Å²) in [4.78, 5) is 38.0. The van der Waals surface area contributed by atoms with Crippen LogP contribution in [0.5, 0.6) is 5.75 Å². The molecule has 3 saturated heterocycles. The highest BCUT2D eigenvalue weighted by Gasteiger charge is 2.63. The molecule has 20 nitrogen and oxygen atoms in total. The van der Waals surface area contributed by atoms with E-state index in [4.69, 9.17) is 37.9 Å². The fourth-order valence-electron chi connectivity index (χ4n) is 6.38. The molecule has 58 heavy (non-hydrogen) atoms. The average Bonchev–Trinajstić information content (AvgIpc) is 3.50. The monoisotopic (exact) mass is 822 g/mol. The van der Waals surface area contributed by atoms with Crippen LogP contribution < -0.4 is 0 Å². The first-order valence-electron chi connectivity index (χ1n) is 18.0. The summed E-state index contributed by atoms with van der Waals surface area (Å²) in [6.07, 6.45) is -19.1. The summed E-state index contributed by atoms with van der Waals surface area (Å²) in [5, 5.41) is 94.4. The number of phenols is 1. The molecule has 318 valence electrons. The minimum atomic E-state index is -2.64. The lowest BCUT2D eigenvalue weighted by Gasteiger charge is -2.45. The first-order chi connectivity index (χ1) is 27.7. The first-order valence-corrected chi connectivity index (χ1v) is 18.0. The molecule has 9 N–H and O–H groups in total. The Hall–Kier alpha value is -4.39. The standard InChI is InChI=1S/C38H46O20/c1-19(42)51-17-25-33(54-26(44)13-10-21-7-11-22(43)12-8-21)30(48)32(50)37(53-25)58-38(18-41)35(55-27(45)14-9-20-5-3-2-4-6-20)34(24(16-40)57-38)56-36-31(49)29(47)28(46)23(15-39)52-36/h2-14,23-25,28-37,39-41,43,46-50H,15-18H2,1H3/b13-10+,14-9+/t23-,24-,25-,28-,29+,30-,31-,32-,33-,34-,35+,36+,37-,38+/m1/s1. The van der Waals surface area contributed by atoms with Crippen molar-refractivity contribution < 1.29 is 98.2 Å². The van der Waals surface area contributed by atoms with Crippen molar-refractivity contribution in [1.82, 2.24) is 0 Å². The second-order valence-electron chi connectivity index (χ2n) is 13.5.